The Balaban J connectivity index is 3.48. The van der Waals surface area contributed by atoms with Gasteiger partial charge in [0.25, 0.3) is 3.79 Å². The summed E-state index contributed by atoms with van der Waals surface area (Å²) in [6.45, 7) is 0. The standard InChI is InChI=1S/C7H4BrCl3FNO3S/c1-13-4(5(14)7(9,10)11)2-3(8)6(13)17(12,15)16/h2H,1H3. The van der Waals surface area contributed by atoms with E-state index < -0.39 is 24.8 Å². The van der Waals surface area contributed by atoms with Crippen LogP contribution in [0.5, 0.6) is 0 Å². The fourth-order valence-corrected chi connectivity index (χ4v) is 3.26. The van der Waals surface area contributed by atoms with Gasteiger partial charge in [-0.05, 0) is 22.0 Å². The van der Waals surface area contributed by atoms with E-state index in [9.17, 15) is 17.1 Å². The lowest BCUT2D eigenvalue weighted by Crippen LogP contribution is -2.22. The molecule has 4 nitrogen and oxygen atoms in total. The van der Waals surface area contributed by atoms with Crippen LogP contribution in [0.2, 0.25) is 0 Å². The minimum Gasteiger partial charge on any atom is -0.329 e. The van der Waals surface area contributed by atoms with Gasteiger partial charge in [-0.15, -0.1) is 0 Å². The second-order valence-corrected chi connectivity index (χ2v) is 7.40. The number of aromatic nitrogens is 1. The molecule has 0 saturated carbocycles. The largest absolute Gasteiger partial charge is 0.349 e. The maximum absolute atomic E-state index is 12.9. The summed E-state index contributed by atoms with van der Waals surface area (Å²) in [5.74, 6) is -0.958. The Hall–Kier alpha value is 0.180. The molecule has 0 aliphatic carbocycles. The number of halogens is 5. The number of carbonyl (C=O) groups is 1. The fraction of sp³-hybridized carbons (Fsp3) is 0.286. The van der Waals surface area contributed by atoms with Crippen LogP contribution in [-0.4, -0.2) is 22.6 Å². The average molecular weight is 387 g/mol. The third-order valence-corrected chi connectivity index (χ3v) is 4.19. The number of ketones is 1. The summed E-state index contributed by atoms with van der Waals surface area (Å²) in [6, 6.07) is 1.07. The minimum absolute atomic E-state index is 0.125. The molecule has 1 heterocycles. The molecular formula is C7H4BrCl3FNO3S. The molecule has 1 aromatic heterocycles. The van der Waals surface area contributed by atoms with Gasteiger partial charge in [-0.2, -0.15) is 8.42 Å². The topological polar surface area (TPSA) is 56.1 Å². The first-order chi connectivity index (χ1) is 7.46. The van der Waals surface area contributed by atoms with Crippen molar-refractivity contribution >= 4 is 66.7 Å². The number of Topliss-reactive ketones (excluding diaryl/α,β-unsaturated/α-hetero) is 1. The normalized spacial score (nSPS) is 12.8. The van der Waals surface area contributed by atoms with E-state index in [0.29, 0.717) is 0 Å². The van der Waals surface area contributed by atoms with Gasteiger partial charge in [0, 0.05) is 7.05 Å². The number of nitrogens with zero attached hydrogens (tertiary/aromatic N) is 1. The molecule has 0 N–H and O–H groups in total. The molecule has 96 valence electrons. The Morgan fingerprint density at radius 2 is 1.94 bits per heavy atom. The highest BCUT2D eigenvalue weighted by Crippen LogP contribution is 2.34. The van der Waals surface area contributed by atoms with Gasteiger partial charge in [0.1, 0.15) is 0 Å². The van der Waals surface area contributed by atoms with Crippen LogP contribution in [0, 0.1) is 0 Å². The zero-order chi connectivity index (χ0) is 13.6. The van der Waals surface area contributed by atoms with Crippen LogP contribution in [0.1, 0.15) is 10.5 Å². The van der Waals surface area contributed by atoms with E-state index in [1.165, 1.54) is 7.05 Å². The van der Waals surface area contributed by atoms with E-state index in [-0.39, 0.29) is 10.2 Å². The minimum atomic E-state index is -4.99. The summed E-state index contributed by atoms with van der Waals surface area (Å²) in [6.07, 6.45) is 0. The van der Waals surface area contributed by atoms with Crippen molar-refractivity contribution in [3.8, 4) is 0 Å². The van der Waals surface area contributed by atoms with Gasteiger partial charge >= 0.3 is 10.2 Å². The highest BCUT2D eigenvalue weighted by molar-refractivity contribution is 9.10. The van der Waals surface area contributed by atoms with Gasteiger partial charge < -0.3 is 4.57 Å². The second-order valence-electron chi connectivity index (χ2n) is 3.01. The lowest BCUT2D eigenvalue weighted by molar-refractivity contribution is 0.0988. The molecular weight excluding hydrogens is 383 g/mol. The van der Waals surface area contributed by atoms with E-state index in [1.807, 2.05) is 0 Å². The van der Waals surface area contributed by atoms with Crippen molar-refractivity contribution in [1.82, 2.24) is 4.57 Å². The Morgan fingerprint density at radius 3 is 2.24 bits per heavy atom. The summed E-state index contributed by atoms with van der Waals surface area (Å²) >= 11 is 18.9. The molecule has 10 heteroatoms. The van der Waals surface area contributed by atoms with E-state index in [4.69, 9.17) is 34.8 Å². The van der Waals surface area contributed by atoms with Crippen molar-refractivity contribution in [3.05, 3.63) is 16.2 Å². The van der Waals surface area contributed by atoms with Crippen LogP contribution in [0.15, 0.2) is 15.6 Å². The molecule has 0 amide bonds. The van der Waals surface area contributed by atoms with Crippen molar-refractivity contribution in [1.29, 1.82) is 0 Å². The highest BCUT2D eigenvalue weighted by Gasteiger charge is 2.36. The molecule has 1 aromatic rings. The molecule has 0 aliphatic heterocycles. The Kier molecular flexibility index (Phi) is 4.21. The van der Waals surface area contributed by atoms with Gasteiger partial charge in [0.2, 0.25) is 5.78 Å². The number of alkyl halides is 3. The van der Waals surface area contributed by atoms with Crippen LogP contribution in [-0.2, 0) is 17.3 Å². The maximum atomic E-state index is 12.9. The van der Waals surface area contributed by atoms with Gasteiger partial charge in [0.05, 0.1) is 10.2 Å². The van der Waals surface area contributed by atoms with Crippen molar-refractivity contribution in [2.24, 2.45) is 7.05 Å². The molecule has 0 fully saturated rings. The first kappa shape index (κ1) is 15.2. The summed E-state index contributed by atoms with van der Waals surface area (Å²) in [4.78, 5) is 11.6. The molecule has 1 rings (SSSR count). The quantitative estimate of drug-likeness (QED) is 0.445. The predicted octanol–water partition coefficient (Wildman–Crippen LogP) is 3.00. The van der Waals surface area contributed by atoms with Crippen LogP contribution in [0.3, 0.4) is 0 Å². The van der Waals surface area contributed by atoms with Crippen molar-refractivity contribution < 1.29 is 17.1 Å². The van der Waals surface area contributed by atoms with Gasteiger partial charge in [-0.1, -0.05) is 38.7 Å². The zero-order valence-electron chi connectivity index (χ0n) is 8.05. The Bertz CT molecular complexity index is 578. The van der Waals surface area contributed by atoms with Gasteiger partial charge in [0.15, 0.2) is 5.03 Å². The molecule has 0 bridgehead atoms. The Labute approximate surface area is 120 Å². The van der Waals surface area contributed by atoms with Crippen LogP contribution >= 0.6 is 50.7 Å². The van der Waals surface area contributed by atoms with E-state index in [0.717, 1.165) is 10.6 Å². The number of hydrogen-bond acceptors (Lipinski definition) is 3. The van der Waals surface area contributed by atoms with Crippen LogP contribution < -0.4 is 0 Å². The third-order valence-electron chi connectivity index (χ3n) is 1.85. The van der Waals surface area contributed by atoms with Crippen molar-refractivity contribution in [2.45, 2.75) is 8.82 Å². The molecule has 0 unspecified atom stereocenters. The number of rotatable bonds is 2. The molecule has 0 saturated heterocycles. The smallest absolute Gasteiger partial charge is 0.329 e. The number of carbonyl (C=O) groups excluding carboxylic acids is 1. The lowest BCUT2D eigenvalue weighted by atomic mass is 10.3. The van der Waals surface area contributed by atoms with E-state index >= 15 is 0 Å². The first-order valence-electron chi connectivity index (χ1n) is 3.87. The monoisotopic (exact) mass is 385 g/mol. The van der Waals surface area contributed by atoms with E-state index in [2.05, 4.69) is 15.9 Å². The molecule has 0 aromatic carbocycles. The molecule has 17 heavy (non-hydrogen) atoms. The summed E-state index contributed by atoms with van der Waals surface area (Å²) in [5, 5.41) is -0.713. The zero-order valence-corrected chi connectivity index (χ0v) is 12.7. The van der Waals surface area contributed by atoms with Gasteiger partial charge in [-0.25, -0.2) is 0 Å². The third kappa shape index (κ3) is 3.14. The molecule has 0 aliphatic rings. The highest BCUT2D eigenvalue weighted by atomic mass is 79.9. The fourth-order valence-electron chi connectivity index (χ4n) is 1.19. The summed E-state index contributed by atoms with van der Waals surface area (Å²) in [7, 11) is -3.82. The molecule has 0 spiro atoms. The second kappa shape index (κ2) is 4.70. The number of hydrogen-bond donors (Lipinski definition) is 0. The van der Waals surface area contributed by atoms with Crippen molar-refractivity contribution in [3.63, 3.8) is 0 Å². The SMILES string of the molecule is Cn1c(C(=O)C(Cl)(Cl)Cl)cc(Br)c1S(=O)(=O)F. The summed E-state index contributed by atoms with van der Waals surface area (Å²) < 4.78 is 33.0. The van der Waals surface area contributed by atoms with E-state index in [1.54, 1.807) is 0 Å². The molecule has 0 atom stereocenters. The average Bonchev–Trinajstić information content (AvgIpc) is 2.37. The van der Waals surface area contributed by atoms with Crippen LogP contribution in [0.25, 0.3) is 0 Å². The van der Waals surface area contributed by atoms with Crippen LogP contribution in [0.4, 0.5) is 3.89 Å². The lowest BCUT2D eigenvalue weighted by Gasteiger charge is -2.10. The Morgan fingerprint density at radius 1 is 1.47 bits per heavy atom. The maximum Gasteiger partial charge on any atom is 0.349 e. The summed E-state index contributed by atoms with van der Waals surface area (Å²) in [5.41, 5.74) is -0.242. The predicted molar refractivity (Wildman–Crippen MR) is 66.0 cm³/mol. The first-order valence-corrected chi connectivity index (χ1v) is 7.18. The molecule has 0 radical (unpaired) electrons. The van der Waals surface area contributed by atoms with Crippen molar-refractivity contribution in [2.75, 3.05) is 0 Å². The van der Waals surface area contributed by atoms with Gasteiger partial charge in [-0.3, -0.25) is 4.79 Å².